The maximum absolute atomic E-state index is 13.9. The highest BCUT2D eigenvalue weighted by Crippen LogP contribution is 2.49. The van der Waals surface area contributed by atoms with Crippen LogP contribution in [0.5, 0.6) is 0 Å². The number of esters is 1. The molecule has 0 unspecified atom stereocenters. The number of rotatable bonds is 6. The van der Waals surface area contributed by atoms with Gasteiger partial charge in [0.2, 0.25) is 5.91 Å². The maximum Gasteiger partial charge on any atom is 0.341 e. The largest absolute Gasteiger partial charge is 0.462 e. The van der Waals surface area contributed by atoms with E-state index in [1.165, 1.54) is 23.3 Å². The van der Waals surface area contributed by atoms with Crippen LogP contribution in [-0.2, 0) is 19.2 Å². The van der Waals surface area contributed by atoms with E-state index in [4.69, 9.17) is 9.57 Å². The summed E-state index contributed by atoms with van der Waals surface area (Å²) < 4.78 is 5.20. The molecule has 5 rings (SSSR count). The standard InChI is InChI=1S/C26H23N3O7S/c1-4-35-26(32)19-14(2)15(3)37-25(19)27-23(30)20-21(16-9-8-12-18(13-16)29(33)34)28(36-22(20)24(27)31)17-10-6-5-7-11-17/h5-13,20-22H,4H2,1-3H3/t20-,21+,22-/m1/s1. The lowest BCUT2D eigenvalue weighted by atomic mass is 9.90. The second-order valence-electron chi connectivity index (χ2n) is 8.71. The summed E-state index contributed by atoms with van der Waals surface area (Å²) in [4.78, 5) is 59.3. The monoisotopic (exact) mass is 521 g/mol. The molecule has 1 aromatic heterocycles. The van der Waals surface area contributed by atoms with Gasteiger partial charge in [0.15, 0.2) is 6.10 Å². The van der Waals surface area contributed by atoms with Crippen LogP contribution in [0.2, 0.25) is 0 Å². The highest BCUT2D eigenvalue weighted by atomic mass is 32.1. The summed E-state index contributed by atoms with van der Waals surface area (Å²) in [6, 6.07) is 14.1. The van der Waals surface area contributed by atoms with E-state index in [-0.39, 0.29) is 22.9 Å². The molecule has 0 bridgehead atoms. The fourth-order valence-electron chi connectivity index (χ4n) is 4.78. The third kappa shape index (κ3) is 3.96. The number of carbonyl (C=O) groups is 3. The van der Waals surface area contributed by atoms with Gasteiger partial charge in [-0.25, -0.2) is 14.8 Å². The lowest BCUT2D eigenvalue weighted by Crippen LogP contribution is -2.37. The minimum Gasteiger partial charge on any atom is -0.462 e. The van der Waals surface area contributed by atoms with Crippen LogP contribution in [-0.4, -0.2) is 35.4 Å². The van der Waals surface area contributed by atoms with Crippen molar-refractivity contribution >= 4 is 45.5 Å². The van der Waals surface area contributed by atoms with Crippen molar-refractivity contribution in [1.29, 1.82) is 0 Å². The van der Waals surface area contributed by atoms with Crippen LogP contribution in [0, 0.1) is 29.9 Å². The quantitative estimate of drug-likeness (QED) is 0.201. The second kappa shape index (κ2) is 9.41. The summed E-state index contributed by atoms with van der Waals surface area (Å²) >= 11 is 1.16. The summed E-state index contributed by atoms with van der Waals surface area (Å²) in [6.45, 7) is 5.37. The molecule has 2 saturated heterocycles. The Bertz CT molecular complexity index is 1420. The van der Waals surface area contributed by atoms with Gasteiger partial charge in [0, 0.05) is 17.0 Å². The summed E-state index contributed by atoms with van der Waals surface area (Å²) in [5, 5.41) is 13.1. The van der Waals surface area contributed by atoms with Crippen molar-refractivity contribution in [2.24, 2.45) is 5.92 Å². The number of thiophene rings is 1. The van der Waals surface area contributed by atoms with Crippen LogP contribution in [0.1, 0.15) is 39.3 Å². The Hall–Kier alpha value is -4.09. The number of nitro groups is 1. The molecule has 3 aromatic rings. The van der Waals surface area contributed by atoms with Gasteiger partial charge in [-0.3, -0.25) is 24.5 Å². The van der Waals surface area contributed by atoms with E-state index >= 15 is 0 Å². The van der Waals surface area contributed by atoms with Crippen molar-refractivity contribution in [3.05, 3.63) is 86.3 Å². The first-order chi connectivity index (χ1) is 17.7. The van der Waals surface area contributed by atoms with Gasteiger partial charge in [-0.1, -0.05) is 30.3 Å². The van der Waals surface area contributed by atoms with Crippen LogP contribution in [0.4, 0.5) is 16.4 Å². The van der Waals surface area contributed by atoms with E-state index < -0.39 is 40.8 Å². The van der Waals surface area contributed by atoms with Crippen molar-refractivity contribution in [1.82, 2.24) is 0 Å². The van der Waals surface area contributed by atoms with Gasteiger partial charge < -0.3 is 4.74 Å². The number of fused-ring (bicyclic) bond motifs is 1. The smallest absolute Gasteiger partial charge is 0.341 e. The first-order valence-corrected chi connectivity index (χ1v) is 12.5. The number of aryl methyl sites for hydroxylation is 1. The van der Waals surface area contributed by atoms with Crippen molar-refractivity contribution in [2.45, 2.75) is 32.9 Å². The minimum absolute atomic E-state index is 0.142. The van der Waals surface area contributed by atoms with Crippen LogP contribution >= 0.6 is 11.3 Å². The van der Waals surface area contributed by atoms with Gasteiger partial charge in [0.05, 0.1) is 28.8 Å². The second-order valence-corrected chi connectivity index (χ2v) is 9.91. The zero-order valence-corrected chi connectivity index (χ0v) is 21.1. The van der Waals surface area contributed by atoms with Gasteiger partial charge in [-0.15, -0.1) is 11.3 Å². The van der Waals surface area contributed by atoms with Crippen molar-refractivity contribution in [3.8, 4) is 0 Å². The van der Waals surface area contributed by atoms with Gasteiger partial charge >= 0.3 is 5.97 Å². The first-order valence-electron chi connectivity index (χ1n) is 11.6. The molecule has 0 radical (unpaired) electrons. The first kappa shape index (κ1) is 24.6. The number of nitro benzene ring substituents is 1. The maximum atomic E-state index is 13.9. The number of benzene rings is 2. The molecule has 11 heteroatoms. The van der Waals surface area contributed by atoms with Crippen molar-refractivity contribution < 1.29 is 28.9 Å². The average molecular weight is 522 g/mol. The van der Waals surface area contributed by atoms with Gasteiger partial charge in [0.1, 0.15) is 10.9 Å². The molecule has 2 aromatic carbocycles. The average Bonchev–Trinajstić information content (AvgIpc) is 3.50. The molecule has 2 aliphatic rings. The third-order valence-corrected chi connectivity index (χ3v) is 7.79. The van der Waals surface area contributed by atoms with Crippen molar-refractivity contribution in [2.75, 3.05) is 16.6 Å². The van der Waals surface area contributed by atoms with Crippen LogP contribution in [0.3, 0.4) is 0 Å². The number of carbonyl (C=O) groups excluding carboxylic acids is 3. The van der Waals surface area contributed by atoms with Gasteiger partial charge in [0.25, 0.3) is 11.6 Å². The third-order valence-electron chi connectivity index (χ3n) is 6.60. The number of nitrogens with zero attached hydrogens (tertiary/aromatic N) is 3. The van der Waals surface area contributed by atoms with E-state index in [0.29, 0.717) is 16.8 Å². The van der Waals surface area contributed by atoms with Gasteiger partial charge in [-0.05, 0) is 44.0 Å². The number of amides is 2. The van der Waals surface area contributed by atoms with Crippen LogP contribution < -0.4 is 9.96 Å². The van der Waals surface area contributed by atoms with E-state index in [2.05, 4.69) is 0 Å². The SMILES string of the molecule is CCOC(=O)c1c(N2C(=O)[C@H]3[C@@H](ON(c4ccccc4)[C@H]3c3cccc([N+](=O)[O-])c3)C2=O)sc(C)c1C. The predicted octanol–water partition coefficient (Wildman–Crippen LogP) is 4.50. The molecule has 3 atom stereocenters. The molecule has 0 saturated carbocycles. The van der Waals surface area contributed by atoms with Crippen LogP contribution in [0.15, 0.2) is 54.6 Å². The van der Waals surface area contributed by atoms with Crippen LogP contribution in [0.25, 0.3) is 0 Å². The Balaban J connectivity index is 1.61. The highest BCUT2D eigenvalue weighted by Gasteiger charge is 2.61. The molecular formula is C26H23N3O7S. The molecule has 10 nitrogen and oxygen atoms in total. The molecule has 0 N–H and O–H groups in total. The Kier molecular flexibility index (Phi) is 6.26. The molecule has 190 valence electrons. The molecular weight excluding hydrogens is 498 g/mol. The Morgan fingerprint density at radius 3 is 2.51 bits per heavy atom. The summed E-state index contributed by atoms with van der Waals surface area (Å²) in [7, 11) is 0. The molecule has 2 aliphatic heterocycles. The number of anilines is 2. The highest BCUT2D eigenvalue weighted by molar-refractivity contribution is 7.17. The zero-order chi connectivity index (χ0) is 26.4. The minimum atomic E-state index is -1.17. The Labute approximate surface area is 216 Å². The summed E-state index contributed by atoms with van der Waals surface area (Å²) in [5.74, 6) is -2.75. The number of hydroxylamine groups is 1. The fourth-order valence-corrected chi connectivity index (χ4v) is 5.94. The molecule has 2 fully saturated rings. The number of hydrogen-bond donors (Lipinski definition) is 0. The zero-order valence-electron chi connectivity index (χ0n) is 20.2. The van der Waals surface area contributed by atoms with E-state index in [0.717, 1.165) is 21.1 Å². The summed E-state index contributed by atoms with van der Waals surface area (Å²) in [5.41, 5.74) is 1.72. The number of hydrogen-bond acceptors (Lipinski definition) is 9. The molecule has 37 heavy (non-hydrogen) atoms. The lowest BCUT2D eigenvalue weighted by Gasteiger charge is -2.28. The molecule has 3 heterocycles. The number of imide groups is 1. The molecule has 0 spiro atoms. The number of ether oxygens (including phenoxy) is 1. The predicted molar refractivity (Wildman–Crippen MR) is 135 cm³/mol. The van der Waals surface area contributed by atoms with E-state index in [1.807, 2.05) is 6.07 Å². The summed E-state index contributed by atoms with van der Waals surface area (Å²) in [6.07, 6.45) is -1.17. The van der Waals surface area contributed by atoms with E-state index in [9.17, 15) is 24.5 Å². The number of non-ortho nitro benzene ring substituents is 1. The normalized spacial score (nSPS) is 20.9. The number of para-hydroxylation sites is 1. The fraction of sp³-hybridized carbons (Fsp3) is 0.269. The van der Waals surface area contributed by atoms with Gasteiger partial charge in [-0.2, -0.15) is 0 Å². The Morgan fingerprint density at radius 2 is 1.84 bits per heavy atom. The van der Waals surface area contributed by atoms with Crippen molar-refractivity contribution in [3.63, 3.8) is 0 Å². The lowest BCUT2D eigenvalue weighted by molar-refractivity contribution is -0.384. The van der Waals surface area contributed by atoms with E-state index in [1.54, 1.807) is 51.1 Å². The molecule has 2 amide bonds. The topological polar surface area (TPSA) is 119 Å². The Morgan fingerprint density at radius 1 is 1.11 bits per heavy atom. The molecule has 0 aliphatic carbocycles.